The first-order valence-corrected chi connectivity index (χ1v) is 20.9. The van der Waals surface area contributed by atoms with Crippen LogP contribution in [0.2, 0.25) is 0 Å². The number of rotatable bonds is 18. The third-order valence-corrected chi connectivity index (χ3v) is 12.2. The van der Waals surface area contributed by atoms with Crippen molar-refractivity contribution in [3.63, 3.8) is 0 Å². The van der Waals surface area contributed by atoms with Crippen LogP contribution in [0, 0.1) is 43.9 Å². The molecule has 1 aromatic rings. The van der Waals surface area contributed by atoms with E-state index in [1.807, 2.05) is 19.1 Å². The Morgan fingerprint density at radius 1 is 0.788 bits per heavy atom. The van der Waals surface area contributed by atoms with Crippen molar-refractivity contribution < 1.29 is 14.3 Å². The summed E-state index contributed by atoms with van der Waals surface area (Å²) in [6.45, 7) is 29.1. The van der Waals surface area contributed by atoms with Gasteiger partial charge in [0.25, 0.3) is 0 Å². The van der Waals surface area contributed by atoms with E-state index in [0.717, 1.165) is 65.0 Å². The standard InChI is InChI=1S/C49H76O3/c1-34(2)19-14-20-35(3)21-15-22-36(4)25-17-31-49(13)32-29-43-42(10)46(40(8)41(9)47(43)52-49)51-45(50)33-38(6)24-16-23-37(5)27-28-44-39(7)26-18-30-48(44,11)12/h16,23-24,27-28,33-36H,14-15,17-22,25-26,29-32H2,1-13H3/b24-16+,28-27+,37-23+,38-33+/t35-,36-,49-/m0/s1. The molecular weight excluding hydrogens is 637 g/mol. The quantitative estimate of drug-likeness (QED) is 0.0658. The zero-order valence-electron chi connectivity index (χ0n) is 35.8. The summed E-state index contributed by atoms with van der Waals surface area (Å²) in [6, 6.07) is 0. The van der Waals surface area contributed by atoms with Crippen LogP contribution in [0.15, 0.2) is 58.7 Å². The SMILES string of the molecule is CC1=C(/C=C/C(C)=C/C=C/C(C)=C/C(=O)Oc2c(C)c(C)c3c(c2C)CC[C@](C)(CCC[C@@H](C)CCC[C@@H](C)CCCC(C)C)O3)C(C)(C)CCC1. The second-order valence-corrected chi connectivity index (χ2v) is 18.3. The van der Waals surface area contributed by atoms with Gasteiger partial charge in [-0.25, -0.2) is 4.79 Å². The number of esters is 1. The van der Waals surface area contributed by atoms with Gasteiger partial charge in [0.1, 0.15) is 17.1 Å². The van der Waals surface area contributed by atoms with Crippen LogP contribution < -0.4 is 9.47 Å². The average molecular weight is 713 g/mol. The maximum absolute atomic E-state index is 13.1. The van der Waals surface area contributed by atoms with Gasteiger partial charge in [0.05, 0.1) is 0 Å². The predicted octanol–water partition coefficient (Wildman–Crippen LogP) is 14.6. The first-order chi connectivity index (χ1) is 24.4. The third kappa shape index (κ3) is 13.2. The van der Waals surface area contributed by atoms with Gasteiger partial charge in [0.15, 0.2) is 0 Å². The molecule has 0 saturated carbocycles. The first kappa shape index (κ1) is 43.6. The second-order valence-electron chi connectivity index (χ2n) is 18.3. The van der Waals surface area contributed by atoms with E-state index in [0.29, 0.717) is 5.75 Å². The van der Waals surface area contributed by atoms with E-state index in [4.69, 9.17) is 9.47 Å². The molecule has 0 saturated heterocycles. The van der Waals surface area contributed by atoms with Crippen molar-refractivity contribution in [2.75, 3.05) is 0 Å². The number of ether oxygens (including phenoxy) is 2. The Hall–Kier alpha value is -2.81. The molecule has 0 bridgehead atoms. The summed E-state index contributed by atoms with van der Waals surface area (Å²) in [7, 11) is 0. The minimum absolute atomic E-state index is 0.156. The fourth-order valence-electron chi connectivity index (χ4n) is 8.41. The van der Waals surface area contributed by atoms with Crippen LogP contribution in [0.25, 0.3) is 0 Å². The summed E-state index contributed by atoms with van der Waals surface area (Å²) in [5.41, 5.74) is 9.38. The van der Waals surface area contributed by atoms with Crippen LogP contribution >= 0.6 is 0 Å². The summed E-state index contributed by atoms with van der Waals surface area (Å²) in [4.78, 5) is 13.1. The lowest BCUT2D eigenvalue weighted by atomic mass is 9.72. The second kappa shape index (κ2) is 20.0. The molecule has 0 aromatic heterocycles. The van der Waals surface area contributed by atoms with E-state index < -0.39 is 0 Å². The van der Waals surface area contributed by atoms with Crippen LogP contribution in [0.1, 0.15) is 175 Å². The molecule has 3 nitrogen and oxygen atoms in total. The van der Waals surface area contributed by atoms with Gasteiger partial charge in [0, 0.05) is 11.6 Å². The highest BCUT2D eigenvalue weighted by atomic mass is 16.5. The number of benzene rings is 1. The maximum atomic E-state index is 13.1. The van der Waals surface area contributed by atoms with E-state index >= 15 is 0 Å². The van der Waals surface area contributed by atoms with Crippen LogP contribution in [-0.2, 0) is 11.2 Å². The van der Waals surface area contributed by atoms with E-state index in [-0.39, 0.29) is 17.0 Å². The van der Waals surface area contributed by atoms with Crippen LogP contribution in [0.5, 0.6) is 11.5 Å². The zero-order chi connectivity index (χ0) is 38.6. The molecule has 3 rings (SSSR count). The molecule has 0 N–H and O–H groups in total. The van der Waals surface area contributed by atoms with E-state index in [1.54, 1.807) is 6.08 Å². The van der Waals surface area contributed by atoms with E-state index in [9.17, 15) is 4.79 Å². The van der Waals surface area contributed by atoms with Gasteiger partial charge < -0.3 is 9.47 Å². The van der Waals surface area contributed by atoms with Gasteiger partial charge in [-0.1, -0.05) is 128 Å². The molecule has 3 atom stereocenters. The maximum Gasteiger partial charge on any atom is 0.336 e. The molecule has 290 valence electrons. The molecule has 0 spiro atoms. The van der Waals surface area contributed by atoms with Crippen LogP contribution in [0.3, 0.4) is 0 Å². The Bertz CT molecular complexity index is 1510. The third-order valence-electron chi connectivity index (χ3n) is 12.2. The summed E-state index contributed by atoms with van der Waals surface area (Å²) in [5, 5.41) is 0. The molecule has 0 radical (unpaired) electrons. The molecule has 0 amide bonds. The molecule has 52 heavy (non-hydrogen) atoms. The summed E-state index contributed by atoms with van der Waals surface area (Å²) < 4.78 is 12.9. The van der Waals surface area contributed by atoms with E-state index in [1.165, 1.54) is 92.9 Å². The molecule has 1 aromatic carbocycles. The molecule has 2 aliphatic rings. The fourth-order valence-corrected chi connectivity index (χ4v) is 8.41. The van der Waals surface area contributed by atoms with Crippen LogP contribution in [0.4, 0.5) is 0 Å². The summed E-state index contributed by atoms with van der Waals surface area (Å²) in [6.07, 6.45) is 29.5. The molecule has 3 heteroatoms. The number of hydrogen-bond donors (Lipinski definition) is 0. The normalized spacial score (nSPS) is 20.8. The van der Waals surface area contributed by atoms with Crippen molar-refractivity contribution in [3.8, 4) is 11.5 Å². The lowest BCUT2D eigenvalue weighted by Crippen LogP contribution is -2.37. The number of hydrogen-bond acceptors (Lipinski definition) is 3. The topological polar surface area (TPSA) is 35.5 Å². The van der Waals surface area contributed by atoms with Gasteiger partial charge in [0.2, 0.25) is 0 Å². The molecule has 1 heterocycles. The van der Waals surface area contributed by atoms with Crippen molar-refractivity contribution in [2.45, 2.75) is 186 Å². The number of carbonyl (C=O) groups excluding carboxylic acids is 1. The van der Waals surface area contributed by atoms with Crippen molar-refractivity contribution in [1.29, 1.82) is 0 Å². The van der Waals surface area contributed by atoms with Gasteiger partial charge in [-0.2, -0.15) is 0 Å². The minimum atomic E-state index is -0.341. The smallest absolute Gasteiger partial charge is 0.336 e. The fraction of sp³-hybridized carbons (Fsp3) is 0.653. The Labute approximate surface area is 320 Å². The van der Waals surface area contributed by atoms with Crippen molar-refractivity contribution >= 4 is 5.97 Å². The summed E-state index contributed by atoms with van der Waals surface area (Å²) >= 11 is 0. The average Bonchev–Trinajstić information content (AvgIpc) is 3.05. The van der Waals surface area contributed by atoms with Gasteiger partial charge in [-0.15, -0.1) is 0 Å². The molecule has 1 aliphatic carbocycles. The molecule has 1 aliphatic heterocycles. The highest BCUT2D eigenvalue weighted by molar-refractivity contribution is 5.86. The van der Waals surface area contributed by atoms with Gasteiger partial charge >= 0.3 is 5.97 Å². The Kier molecular flexibility index (Phi) is 16.8. The highest BCUT2D eigenvalue weighted by Gasteiger charge is 2.35. The monoisotopic (exact) mass is 713 g/mol. The summed E-state index contributed by atoms with van der Waals surface area (Å²) in [5.74, 6) is 3.80. The highest BCUT2D eigenvalue weighted by Crippen LogP contribution is 2.45. The van der Waals surface area contributed by atoms with Gasteiger partial charge in [-0.05, 0) is 144 Å². The zero-order valence-corrected chi connectivity index (χ0v) is 35.8. The Morgan fingerprint density at radius 3 is 2.06 bits per heavy atom. The predicted molar refractivity (Wildman–Crippen MR) is 224 cm³/mol. The van der Waals surface area contributed by atoms with Crippen LogP contribution in [-0.4, -0.2) is 11.6 Å². The molecule has 0 unspecified atom stereocenters. The number of allylic oxidation sites excluding steroid dienone is 9. The molecular formula is C49H76O3. The molecule has 0 fully saturated rings. The van der Waals surface area contributed by atoms with Crippen molar-refractivity contribution in [2.24, 2.45) is 23.2 Å². The lowest BCUT2D eigenvalue weighted by Gasteiger charge is -2.38. The number of fused-ring (bicyclic) bond motifs is 1. The van der Waals surface area contributed by atoms with Crippen molar-refractivity contribution in [3.05, 3.63) is 81.0 Å². The largest absolute Gasteiger partial charge is 0.487 e. The minimum Gasteiger partial charge on any atom is -0.487 e. The Balaban J connectivity index is 1.54. The first-order valence-electron chi connectivity index (χ1n) is 20.9. The van der Waals surface area contributed by atoms with Gasteiger partial charge in [-0.3, -0.25) is 0 Å². The Morgan fingerprint density at radius 2 is 1.42 bits per heavy atom. The van der Waals surface area contributed by atoms with E-state index in [2.05, 4.69) is 101 Å². The lowest BCUT2D eigenvalue weighted by molar-refractivity contribution is -0.129. The number of carbonyl (C=O) groups is 1. The van der Waals surface area contributed by atoms with Crippen molar-refractivity contribution in [1.82, 2.24) is 0 Å².